The number of benzene rings is 3. The van der Waals surface area contributed by atoms with Gasteiger partial charge in [0, 0.05) is 42.4 Å². The predicted molar refractivity (Wildman–Crippen MR) is 240 cm³/mol. The van der Waals surface area contributed by atoms with E-state index in [-0.39, 0.29) is 24.2 Å². The van der Waals surface area contributed by atoms with Crippen LogP contribution in [0.4, 0.5) is 0 Å². The van der Waals surface area contributed by atoms with Gasteiger partial charge in [0.1, 0.15) is 23.0 Å². The van der Waals surface area contributed by atoms with Crippen molar-refractivity contribution >= 4 is 34.1 Å². The third kappa shape index (κ3) is 21.4. The van der Waals surface area contributed by atoms with Gasteiger partial charge in [0.25, 0.3) is 0 Å². The highest BCUT2D eigenvalue weighted by atomic mass is 79.9. The van der Waals surface area contributed by atoms with Gasteiger partial charge in [-0.2, -0.15) is 0 Å². The summed E-state index contributed by atoms with van der Waals surface area (Å²) >= 11 is 3.32. The molecule has 55 heavy (non-hydrogen) atoms. The summed E-state index contributed by atoms with van der Waals surface area (Å²) in [5.74, 6) is 4.59. The van der Waals surface area contributed by atoms with E-state index in [0.29, 0.717) is 30.5 Å². The Labute approximate surface area is 350 Å². The molecule has 0 radical (unpaired) electrons. The molecule has 0 aliphatic carbocycles. The highest BCUT2D eigenvalue weighted by Crippen LogP contribution is 2.35. The molecule has 0 aliphatic heterocycles. The Morgan fingerprint density at radius 2 is 1.18 bits per heavy atom. The van der Waals surface area contributed by atoms with Crippen LogP contribution >= 0.6 is 28.3 Å². The van der Waals surface area contributed by atoms with Gasteiger partial charge in [-0.15, -0.1) is 12.4 Å². The fourth-order valence-electron chi connectivity index (χ4n) is 6.56. The normalized spacial score (nSPS) is 13.9. The molecule has 0 amide bonds. The lowest BCUT2D eigenvalue weighted by Gasteiger charge is -2.35. The average molecular weight is 853 g/mol. The van der Waals surface area contributed by atoms with Crippen LogP contribution < -0.4 is 14.2 Å². The number of hydrogen-bond donors (Lipinski definition) is 1. The Hall–Kier alpha value is -2.66. The minimum Gasteiger partial charge on any atom is -0.497 e. The molecule has 3 rings (SSSR count). The van der Waals surface area contributed by atoms with Crippen molar-refractivity contribution in [3.63, 3.8) is 0 Å². The second-order valence-corrected chi connectivity index (χ2v) is 15.8. The minimum absolute atomic E-state index is 0. The van der Waals surface area contributed by atoms with E-state index < -0.39 is 5.60 Å². The van der Waals surface area contributed by atoms with E-state index in [2.05, 4.69) is 78.8 Å². The maximum atomic E-state index is 11.0. The number of ketones is 1. The zero-order valence-corrected chi connectivity index (χ0v) is 39.1. The van der Waals surface area contributed by atoms with Gasteiger partial charge in [0.2, 0.25) is 0 Å². The first-order valence-electron chi connectivity index (χ1n) is 19.2. The quantitative estimate of drug-likeness (QED) is 0.144. The van der Waals surface area contributed by atoms with Crippen molar-refractivity contribution in [2.24, 2.45) is 17.8 Å². The molecule has 0 saturated heterocycles. The minimum atomic E-state index is -0.807. The van der Waals surface area contributed by atoms with E-state index in [1.807, 2.05) is 108 Å². The van der Waals surface area contributed by atoms with Gasteiger partial charge < -0.3 is 34.0 Å². The second kappa shape index (κ2) is 29.6. The first-order valence-corrected chi connectivity index (χ1v) is 20.0. The fourth-order valence-corrected chi connectivity index (χ4v) is 6.94. The Balaban J connectivity index is 0. The lowest BCUT2D eigenvalue weighted by atomic mass is 9.80. The summed E-state index contributed by atoms with van der Waals surface area (Å²) in [4.78, 5) is 17.4. The van der Waals surface area contributed by atoms with E-state index >= 15 is 0 Å². The molecule has 0 aliphatic rings. The molecule has 8 nitrogen and oxygen atoms in total. The van der Waals surface area contributed by atoms with Crippen molar-refractivity contribution in [2.45, 2.75) is 72.3 Å². The first kappa shape index (κ1) is 54.4. The molecular formula is C45H75BrClN3O5. The molecule has 3 aromatic rings. The van der Waals surface area contributed by atoms with Crippen LogP contribution in [-0.2, 0) is 10.4 Å². The number of carbonyl (C=O) groups excluding carboxylic acids is 1. The summed E-state index contributed by atoms with van der Waals surface area (Å²) in [5, 5.41) is 10.9. The summed E-state index contributed by atoms with van der Waals surface area (Å²) in [6.07, 6.45) is 2.52. The van der Waals surface area contributed by atoms with Gasteiger partial charge in [-0.05, 0) is 121 Å². The Bertz CT molecular complexity index is 1440. The maximum absolute atomic E-state index is 11.0. The van der Waals surface area contributed by atoms with Gasteiger partial charge in [0.15, 0.2) is 0 Å². The molecule has 0 unspecified atom stereocenters. The largest absolute Gasteiger partial charge is 0.497 e. The predicted octanol–water partition coefficient (Wildman–Crippen LogP) is 9.92. The van der Waals surface area contributed by atoms with E-state index in [9.17, 15) is 9.90 Å². The van der Waals surface area contributed by atoms with Crippen LogP contribution in [0.3, 0.4) is 0 Å². The molecule has 0 saturated carbocycles. The number of hydrogen-bond acceptors (Lipinski definition) is 8. The van der Waals surface area contributed by atoms with E-state index in [1.165, 1.54) is 12.0 Å². The van der Waals surface area contributed by atoms with E-state index in [4.69, 9.17) is 14.2 Å². The van der Waals surface area contributed by atoms with Crippen LogP contribution in [0.25, 0.3) is 0 Å². The van der Waals surface area contributed by atoms with Gasteiger partial charge in [0.05, 0.1) is 26.9 Å². The third-order valence-corrected chi connectivity index (χ3v) is 9.93. The SMILES string of the molecule is CCC(=O)[C@@H](C)CN(C)C.CC[C@@H](c1cccc(OC)c1)[C@@H](C)CN(C)C.CC[C@](O)(c1cccc(OC)c1)[C@@H](C)CN(C)C.COc1cccc(Br)c1.Cl. The van der Waals surface area contributed by atoms with Crippen LogP contribution in [0.5, 0.6) is 17.2 Å². The van der Waals surface area contributed by atoms with Crippen LogP contribution in [0.1, 0.15) is 77.8 Å². The number of carbonyl (C=O) groups is 1. The van der Waals surface area contributed by atoms with Gasteiger partial charge >= 0.3 is 0 Å². The lowest BCUT2D eigenvalue weighted by molar-refractivity contribution is -0.122. The van der Waals surface area contributed by atoms with Crippen LogP contribution in [0, 0.1) is 17.8 Å². The number of Topliss-reactive ketones (excluding diaryl/α,β-unsaturated/α-hetero) is 1. The number of aliphatic hydroxyl groups is 1. The zero-order valence-electron chi connectivity index (χ0n) is 36.7. The smallest absolute Gasteiger partial charge is 0.136 e. The van der Waals surface area contributed by atoms with Crippen molar-refractivity contribution in [2.75, 3.05) is 83.2 Å². The number of nitrogens with zero attached hydrogens (tertiary/aromatic N) is 3. The van der Waals surface area contributed by atoms with E-state index in [0.717, 1.165) is 46.9 Å². The molecule has 0 heterocycles. The molecule has 3 aromatic carbocycles. The van der Waals surface area contributed by atoms with Crippen molar-refractivity contribution in [3.05, 3.63) is 88.4 Å². The topological polar surface area (TPSA) is 74.7 Å². The van der Waals surface area contributed by atoms with Gasteiger partial charge in [-0.1, -0.05) is 87.8 Å². The highest BCUT2D eigenvalue weighted by molar-refractivity contribution is 9.10. The Morgan fingerprint density at radius 1 is 0.709 bits per heavy atom. The summed E-state index contributed by atoms with van der Waals surface area (Å²) in [5.41, 5.74) is 1.51. The number of methoxy groups -OCH3 is 3. The van der Waals surface area contributed by atoms with Crippen LogP contribution in [-0.4, -0.2) is 109 Å². The molecule has 0 bridgehead atoms. The standard InChI is InChI=1S/C15H25NO2.C15H25NO.C8H17NO.C7H7BrO.ClH/c1-6-15(17,12(2)11-16(3)4)13-8-7-9-14(10-13)18-5;1-6-15(12(2)11-16(3)4)13-8-7-9-14(10-13)17-5;1-5-8(10)7(2)6-9(3)4;1-9-7-4-2-3-6(8)5-7;/h7-10,12,17H,6,11H2,1-5H3;7-10,12,15H,6,11H2,1-5H3;7H,5-6H2,1-4H3;2-5H,1H3;1H/t2*12-,15+;7-;;/m000../s1. The van der Waals surface area contributed by atoms with Crippen molar-refractivity contribution in [1.29, 1.82) is 0 Å². The monoisotopic (exact) mass is 851 g/mol. The molecule has 10 heteroatoms. The summed E-state index contributed by atoms with van der Waals surface area (Å²) in [6.45, 7) is 15.4. The summed E-state index contributed by atoms with van der Waals surface area (Å²) in [6, 6.07) is 23.9. The number of halogens is 2. The molecule has 314 valence electrons. The first-order chi connectivity index (χ1) is 25.4. The van der Waals surface area contributed by atoms with Crippen molar-refractivity contribution < 1.29 is 24.1 Å². The summed E-state index contributed by atoms with van der Waals surface area (Å²) < 4.78 is 16.5. The van der Waals surface area contributed by atoms with Gasteiger partial charge in [-0.25, -0.2) is 0 Å². The third-order valence-electron chi connectivity index (χ3n) is 9.43. The average Bonchev–Trinajstić information content (AvgIpc) is 3.14. The summed E-state index contributed by atoms with van der Waals surface area (Å²) in [7, 11) is 17.3. The van der Waals surface area contributed by atoms with E-state index in [1.54, 1.807) is 21.3 Å². The van der Waals surface area contributed by atoms with Crippen LogP contribution in [0.2, 0.25) is 0 Å². The number of rotatable bonds is 17. The van der Waals surface area contributed by atoms with Crippen LogP contribution in [0.15, 0.2) is 77.3 Å². The highest BCUT2D eigenvalue weighted by Gasteiger charge is 2.34. The van der Waals surface area contributed by atoms with Gasteiger partial charge in [-0.3, -0.25) is 4.79 Å². The zero-order chi connectivity index (χ0) is 41.4. The molecular weight excluding hydrogens is 778 g/mol. The Morgan fingerprint density at radius 3 is 1.60 bits per heavy atom. The maximum Gasteiger partial charge on any atom is 0.136 e. The molecule has 0 aromatic heterocycles. The van der Waals surface area contributed by atoms with Crippen molar-refractivity contribution in [3.8, 4) is 17.2 Å². The fraction of sp³-hybridized carbons (Fsp3) is 0.578. The second-order valence-electron chi connectivity index (χ2n) is 14.8. The Kier molecular flexibility index (Phi) is 29.3. The molecule has 1 N–H and O–H groups in total. The molecule has 0 fully saturated rings. The molecule has 5 atom stereocenters. The lowest BCUT2D eigenvalue weighted by Crippen LogP contribution is -2.38. The number of ether oxygens (including phenoxy) is 3. The molecule has 0 spiro atoms. The van der Waals surface area contributed by atoms with Crippen molar-refractivity contribution in [1.82, 2.24) is 14.7 Å².